The Labute approximate surface area is 110 Å². The number of pyridine rings is 1. The molecule has 0 spiro atoms. The zero-order chi connectivity index (χ0) is 13.0. The van der Waals surface area contributed by atoms with Gasteiger partial charge in [-0.05, 0) is 43.4 Å². The maximum absolute atomic E-state index is 9.61. The van der Waals surface area contributed by atoms with E-state index in [1.165, 1.54) is 32.1 Å². The summed E-state index contributed by atoms with van der Waals surface area (Å²) in [6.45, 7) is 2.87. The topological polar surface area (TPSA) is 36.4 Å². The predicted octanol–water partition coefficient (Wildman–Crippen LogP) is 3.15. The first kappa shape index (κ1) is 13.3. The van der Waals surface area contributed by atoms with Gasteiger partial charge in [-0.1, -0.05) is 19.3 Å². The van der Waals surface area contributed by atoms with Gasteiger partial charge in [0.05, 0.1) is 6.10 Å². The van der Waals surface area contributed by atoms with E-state index in [0.29, 0.717) is 0 Å². The molecule has 100 valence electrons. The van der Waals surface area contributed by atoms with Crippen LogP contribution in [-0.2, 0) is 0 Å². The summed E-state index contributed by atoms with van der Waals surface area (Å²) in [7, 11) is 2.10. The van der Waals surface area contributed by atoms with Crippen LogP contribution in [0.2, 0.25) is 0 Å². The summed E-state index contributed by atoms with van der Waals surface area (Å²) in [4.78, 5) is 6.63. The van der Waals surface area contributed by atoms with Crippen LogP contribution in [0.1, 0.15) is 50.7 Å². The van der Waals surface area contributed by atoms with Crippen LogP contribution < -0.4 is 4.90 Å². The van der Waals surface area contributed by atoms with Crippen LogP contribution in [0, 0.1) is 5.92 Å². The molecule has 3 nitrogen and oxygen atoms in total. The van der Waals surface area contributed by atoms with E-state index in [1.54, 1.807) is 13.1 Å². The second kappa shape index (κ2) is 6.19. The fourth-order valence-electron chi connectivity index (χ4n) is 2.75. The van der Waals surface area contributed by atoms with Crippen LogP contribution in [0.25, 0.3) is 0 Å². The molecule has 1 aromatic rings. The molecule has 1 aliphatic carbocycles. The van der Waals surface area contributed by atoms with Crippen LogP contribution in [0.5, 0.6) is 0 Å². The largest absolute Gasteiger partial charge is 0.389 e. The van der Waals surface area contributed by atoms with Gasteiger partial charge in [-0.3, -0.25) is 0 Å². The molecule has 1 aliphatic rings. The first-order chi connectivity index (χ1) is 8.66. The lowest BCUT2D eigenvalue weighted by Crippen LogP contribution is -2.27. The van der Waals surface area contributed by atoms with Crippen LogP contribution >= 0.6 is 0 Å². The Morgan fingerprint density at radius 3 is 2.78 bits per heavy atom. The van der Waals surface area contributed by atoms with Crippen LogP contribution in [0.4, 0.5) is 5.82 Å². The molecule has 2 rings (SSSR count). The van der Waals surface area contributed by atoms with Crippen LogP contribution in [-0.4, -0.2) is 23.7 Å². The lowest BCUT2D eigenvalue weighted by Gasteiger charge is -2.28. The molecule has 3 heteroatoms. The molecule has 1 atom stereocenters. The molecular formula is C15H24N2O. The molecule has 1 saturated carbocycles. The van der Waals surface area contributed by atoms with Gasteiger partial charge in [-0.15, -0.1) is 0 Å². The van der Waals surface area contributed by atoms with E-state index in [-0.39, 0.29) is 0 Å². The quantitative estimate of drug-likeness (QED) is 0.889. The van der Waals surface area contributed by atoms with Crippen LogP contribution in [0.3, 0.4) is 0 Å². The van der Waals surface area contributed by atoms with Crippen LogP contribution in [0.15, 0.2) is 18.3 Å². The van der Waals surface area contributed by atoms with E-state index >= 15 is 0 Å². The Morgan fingerprint density at radius 2 is 2.11 bits per heavy atom. The molecule has 0 bridgehead atoms. The van der Waals surface area contributed by atoms with Crippen molar-refractivity contribution in [3.63, 3.8) is 0 Å². The number of aliphatic hydroxyl groups excluding tert-OH is 1. The Bertz CT molecular complexity index is 373. The van der Waals surface area contributed by atoms with Gasteiger partial charge in [0.1, 0.15) is 5.82 Å². The SMILES string of the molecule is C[C@@H](O)c1ccnc(N(C)CC2CCCCC2)c1. The van der Waals surface area contributed by atoms with Gasteiger partial charge in [0.2, 0.25) is 0 Å². The Morgan fingerprint density at radius 1 is 1.39 bits per heavy atom. The molecule has 1 N–H and O–H groups in total. The lowest BCUT2D eigenvalue weighted by atomic mass is 9.89. The Kier molecular flexibility index (Phi) is 4.59. The minimum atomic E-state index is -0.421. The molecule has 1 aromatic heterocycles. The van der Waals surface area contributed by atoms with E-state index < -0.39 is 6.10 Å². The number of nitrogens with zero attached hydrogens (tertiary/aromatic N) is 2. The number of rotatable bonds is 4. The highest BCUT2D eigenvalue weighted by Crippen LogP contribution is 2.26. The minimum Gasteiger partial charge on any atom is -0.389 e. The monoisotopic (exact) mass is 248 g/mol. The van der Waals surface area contributed by atoms with Crippen molar-refractivity contribution in [1.82, 2.24) is 4.98 Å². The van der Waals surface area contributed by atoms with E-state index in [1.807, 2.05) is 12.1 Å². The van der Waals surface area contributed by atoms with Gasteiger partial charge in [0.25, 0.3) is 0 Å². The fourth-order valence-corrected chi connectivity index (χ4v) is 2.75. The second-order valence-corrected chi connectivity index (χ2v) is 5.51. The third kappa shape index (κ3) is 3.45. The number of hydrogen-bond donors (Lipinski definition) is 1. The lowest BCUT2D eigenvalue weighted by molar-refractivity contribution is 0.199. The molecule has 18 heavy (non-hydrogen) atoms. The third-order valence-corrected chi connectivity index (χ3v) is 3.90. The summed E-state index contributed by atoms with van der Waals surface area (Å²) >= 11 is 0. The van der Waals surface area contributed by atoms with Gasteiger partial charge < -0.3 is 10.0 Å². The average Bonchev–Trinajstić information content (AvgIpc) is 2.40. The Balaban J connectivity index is 1.99. The van der Waals surface area contributed by atoms with E-state index in [4.69, 9.17) is 0 Å². The molecular weight excluding hydrogens is 224 g/mol. The first-order valence-electron chi connectivity index (χ1n) is 7.02. The summed E-state index contributed by atoms with van der Waals surface area (Å²) in [6, 6.07) is 3.87. The molecule has 0 aliphatic heterocycles. The average molecular weight is 248 g/mol. The maximum Gasteiger partial charge on any atom is 0.128 e. The molecule has 1 fully saturated rings. The number of aliphatic hydroxyl groups is 1. The molecule has 0 aromatic carbocycles. The van der Waals surface area contributed by atoms with Crippen molar-refractivity contribution in [2.24, 2.45) is 5.92 Å². The Hall–Kier alpha value is -1.09. The highest BCUT2D eigenvalue weighted by molar-refractivity contribution is 5.40. The highest BCUT2D eigenvalue weighted by atomic mass is 16.3. The zero-order valence-corrected chi connectivity index (χ0v) is 11.5. The van der Waals surface area contributed by atoms with Gasteiger partial charge >= 0.3 is 0 Å². The first-order valence-corrected chi connectivity index (χ1v) is 7.02. The molecule has 0 saturated heterocycles. The van der Waals surface area contributed by atoms with Gasteiger partial charge in [0, 0.05) is 19.8 Å². The normalized spacial score (nSPS) is 18.6. The van der Waals surface area contributed by atoms with Gasteiger partial charge in [0.15, 0.2) is 0 Å². The van der Waals surface area contributed by atoms with E-state index in [0.717, 1.165) is 23.8 Å². The summed E-state index contributed by atoms with van der Waals surface area (Å²) < 4.78 is 0. The van der Waals surface area contributed by atoms with Crippen molar-refractivity contribution in [3.05, 3.63) is 23.9 Å². The van der Waals surface area contributed by atoms with E-state index in [2.05, 4.69) is 16.9 Å². The molecule has 1 heterocycles. The van der Waals surface area contributed by atoms with Crippen molar-refractivity contribution >= 4 is 5.82 Å². The highest BCUT2D eigenvalue weighted by Gasteiger charge is 2.16. The second-order valence-electron chi connectivity index (χ2n) is 5.51. The molecule has 0 amide bonds. The van der Waals surface area contributed by atoms with Crippen molar-refractivity contribution in [2.45, 2.75) is 45.1 Å². The summed E-state index contributed by atoms with van der Waals surface area (Å²) in [5.74, 6) is 1.78. The zero-order valence-electron chi connectivity index (χ0n) is 11.5. The molecule has 0 unspecified atom stereocenters. The van der Waals surface area contributed by atoms with E-state index in [9.17, 15) is 5.11 Å². The maximum atomic E-state index is 9.61. The van der Waals surface area contributed by atoms with Crippen molar-refractivity contribution in [2.75, 3.05) is 18.5 Å². The third-order valence-electron chi connectivity index (χ3n) is 3.90. The number of anilines is 1. The standard InChI is InChI=1S/C15H24N2O/c1-12(18)14-8-9-16-15(10-14)17(2)11-13-6-4-3-5-7-13/h8-10,12-13,18H,3-7,11H2,1-2H3/t12-/m1/s1. The summed E-state index contributed by atoms with van der Waals surface area (Å²) in [6.07, 6.45) is 8.21. The number of aromatic nitrogens is 1. The van der Waals surface area contributed by atoms with Crippen molar-refractivity contribution in [1.29, 1.82) is 0 Å². The summed E-state index contributed by atoms with van der Waals surface area (Å²) in [5.41, 5.74) is 0.940. The summed E-state index contributed by atoms with van der Waals surface area (Å²) in [5, 5.41) is 9.61. The fraction of sp³-hybridized carbons (Fsp3) is 0.667. The molecule has 0 radical (unpaired) electrons. The van der Waals surface area contributed by atoms with Crippen molar-refractivity contribution < 1.29 is 5.11 Å². The van der Waals surface area contributed by atoms with Gasteiger partial charge in [-0.2, -0.15) is 0 Å². The predicted molar refractivity (Wildman–Crippen MR) is 74.7 cm³/mol. The van der Waals surface area contributed by atoms with Gasteiger partial charge in [-0.25, -0.2) is 4.98 Å². The number of hydrogen-bond acceptors (Lipinski definition) is 3. The smallest absolute Gasteiger partial charge is 0.128 e. The van der Waals surface area contributed by atoms with Crippen molar-refractivity contribution in [3.8, 4) is 0 Å². The minimum absolute atomic E-state index is 0.421.